The summed E-state index contributed by atoms with van der Waals surface area (Å²) in [4.78, 5) is 0. The Kier molecular flexibility index (Phi) is 3.43. The van der Waals surface area contributed by atoms with Gasteiger partial charge in [-0.2, -0.15) is 0 Å². The van der Waals surface area contributed by atoms with Crippen LogP contribution >= 0.6 is 11.6 Å². The van der Waals surface area contributed by atoms with Gasteiger partial charge in [-0.1, -0.05) is 12.1 Å². The summed E-state index contributed by atoms with van der Waals surface area (Å²) in [5.41, 5.74) is 2.19. The van der Waals surface area contributed by atoms with Gasteiger partial charge >= 0.3 is 0 Å². The van der Waals surface area contributed by atoms with Crippen LogP contribution in [0.15, 0.2) is 24.3 Å². The van der Waals surface area contributed by atoms with Gasteiger partial charge in [0.25, 0.3) is 0 Å². The first-order valence-electron chi connectivity index (χ1n) is 5.41. The molecule has 0 atom stereocenters. The Morgan fingerprint density at radius 1 is 1.12 bits per heavy atom. The molecule has 17 heavy (non-hydrogen) atoms. The van der Waals surface area contributed by atoms with Crippen LogP contribution in [-0.4, -0.2) is 14.2 Å². The molecule has 0 saturated heterocycles. The lowest BCUT2D eigenvalue weighted by molar-refractivity contribution is 0.354. The van der Waals surface area contributed by atoms with Crippen LogP contribution in [0, 0.1) is 6.92 Å². The minimum absolute atomic E-state index is 0.517. The molecular weight excluding hydrogens is 236 g/mol. The van der Waals surface area contributed by atoms with Crippen LogP contribution in [0.2, 0.25) is 0 Å². The van der Waals surface area contributed by atoms with E-state index in [1.165, 1.54) is 0 Å². The molecule has 0 aromatic heterocycles. The Morgan fingerprint density at radius 3 is 2.47 bits per heavy atom. The fraction of sp³-hybridized carbons (Fsp3) is 0.286. The quantitative estimate of drug-likeness (QED) is 0.769. The van der Waals surface area contributed by atoms with E-state index < -0.39 is 0 Å². The molecule has 0 spiro atoms. The molecule has 90 valence electrons. The van der Waals surface area contributed by atoms with E-state index in [0.29, 0.717) is 5.88 Å². The molecule has 2 aromatic carbocycles. The summed E-state index contributed by atoms with van der Waals surface area (Å²) < 4.78 is 10.7. The highest BCUT2D eigenvalue weighted by Gasteiger charge is 2.11. The van der Waals surface area contributed by atoms with Crippen molar-refractivity contribution < 1.29 is 9.47 Å². The van der Waals surface area contributed by atoms with Crippen molar-refractivity contribution in [1.29, 1.82) is 0 Å². The van der Waals surface area contributed by atoms with Crippen molar-refractivity contribution in [2.75, 3.05) is 14.2 Å². The molecule has 2 aromatic rings. The zero-order valence-corrected chi connectivity index (χ0v) is 11.0. The van der Waals surface area contributed by atoms with Crippen LogP contribution < -0.4 is 9.47 Å². The lowest BCUT2D eigenvalue weighted by atomic mass is 10.0. The molecule has 3 heteroatoms. The first-order valence-corrected chi connectivity index (χ1v) is 5.95. The molecular formula is C14H15ClO2. The maximum Gasteiger partial charge on any atom is 0.164 e. The first-order chi connectivity index (χ1) is 8.21. The van der Waals surface area contributed by atoms with Gasteiger partial charge in [0.2, 0.25) is 0 Å². The molecule has 0 radical (unpaired) electrons. The zero-order valence-electron chi connectivity index (χ0n) is 10.2. The van der Waals surface area contributed by atoms with E-state index in [0.717, 1.165) is 33.4 Å². The summed E-state index contributed by atoms with van der Waals surface area (Å²) in [5.74, 6) is 2.06. The van der Waals surface area contributed by atoms with E-state index in [4.69, 9.17) is 21.1 Å². The van der Waals surface area contributed by atoms with Gasteiger partial charge in [0.15, 0.2) is 11.5 Å². The number of halogens is 1. The third kappa shape index (κ3) is 2.05. The Labute approximate surface area is 106 Å². The monoisotopic (exact) mass is 250 g/mol. The summed E-state index contributed by atoms with van der Waals surface area (Å²) in [6, 6.07) is 8.17. The Morgan fingerprint density at radius 2 is 1.88 bits per heavy atom. The van der Waals surface area contributed by atoms with Gasteiger partial charge in [-0.05, 0) is 35.4 Å². The van der Waals surface area contributed by atoms with Crippen molar-refractivity contribution >= 4 is 22.4 Å². The number of methoxy groups -OCH3 is 2. The van der Waals surface area contributed by atoms with Gasteiger partial charge in [-0.25, -0.2) is 0 Å². The predicted octanol–water partition coefficient (Wildman–Crippen LogP) is 3.90. The van der Waals surface area contributed by atoms with E-state index in [-0.39, 0.29) is 0 Å². The molecule has 2 nitrogen and oxygen atoms in total. The number of alkyl halides is 1. The fourth-order valence-electron chi connectivity index (χ4n) is 2.08. The van der Waals surface area contributed by atoms with Crippen LogP contribution in [0.5, 0.6) is 11.5 Å². The van der Waals surface area contributed by atoms with Crippen LogP contribution in [0.1, 0.15) is 11.1 Å². The summed E-state index contributed by atoms with van der Waals surface area (Å²) in [7, 11) is 3.30. The van der Waals surface area contributed by atoms with Crippen molar-refractivity contribution in [3.05, 3.63) is 35.4 Å². The molecule has 0 unspecified atom stereocenters. The fourth-order valence-corrected chi connectivity index (χ4v) is 2.24. The third-order valence-electron chi connectivity index (χ3n) is 2.95. The number of hydrogen-bond acceptors (Lipinski definition) is 2. The average molecular weight is 251 g/mol. The molecule has 0 amide bonds. The lowest BCUT2D eigenvalue weighted by Gasteiger charge is -2.13. The van der Waals surface area contributed by atoms with Crippen molar-refractivity contribution in [2.24, 2.45) is 0 Å². The molecule has 2 rings (SSSR count). The molecule has 0 N–H and O–H groups in total. The normalized spacial score (nSPS) is 10.6. The Hall–Kier alpha value is -1.41. The highest BCUT2D eigenvalue weighted by atomic mass is 35.5. The van der Waals surface area contributed by atoms with Crippen LogP contribution in [-0.2, 0) is 5.88 Å². The molecule has 0 heterocycles. The van der Waals surface area contributed by atoms with Gasteiger partial charge in [-0.3, -0.25) is 0 Å². The number of fused-ring (bicyclic) bond motifs is 1. The van der Waals surface area contributed by atoms with Crippen LogP contribution in [0.3, 0.4) is 0 Å². The number of rotatable bonds is 3. The minimum Gasteiger partial charge on any atom is -0.493 e. The van der Waals surface area contributed by atoms with Gasteiger partial charge in [0, 0.05) is 11.4 Å². The smallest absolute Gasteiger partial charge is 0.164 e. The van der Waals surface area contributed by atoms with E-state index in [9.17, 15) is 0 Å². The van der Waals surface area contributed by atoms with Gasteiger partial charge in [0.05, 0.1) is 14.2 Å². The van der Waals surface area contributed by atoms with Gasteiger partial charge < -0.3 is 9.47 Å². The standard InChI is InChI=1S/C14H15ClO2/c1-9-12-5-4-10(8-15)6-11(12)7-13(16-2)14(9)17-3/h4-7H,8H2,1-3H3. The summed E-state index contributed by atoms with van der Waals surface area (Å²) in [6.07, 6.45) is 0. The highest BCUT2D eigenvalue weighted by Crippen LogP contribution is 2.37. The number of hydrogen-bond donors (Lipinski definition) is 0. The number of aryl methyl sites for hydroxylation is 1. The maximum absolute atomic E-state index is 5.84. The minimum atomic E-state index is 0.517. The molecule has 0 bridgehead atoms. The topological polar surface area (TPSA) is 18.5 Å². The van der Waals surface area contributed by atoms with Crippen LogP contribution in [0.4, 0.5) is 0 Å². The second-order valence-corrected chi connectivity index (χ2v) is 4.19. The first kappa shape index (κ1) is 12.1. The van der Waals surface area contributed by atoms with Gasteiger partial charge in [0.1, 0.15) is 0 Å². The maximum atomic E-state index is 5.84. The SMILES string of the molecule is COc1cc2cc(CCl)ccc2c(C)c1OC. The zero-order chi connectivity index (χ0) is 12.4. The number of ether oxygens (including phenoxy) is 2. The largest absolute Gasteiger partial charge is 0.493 e. The van der Waals surface area contributed by atoms with Gasteiger partial charge in [-0.15, -0.1) is 11.6 Å². The van der Waals surface area contributed by atoms with E-state index in [1.807, 2.05) is 19.1 Å². The van der Waals surface area contributed by atoms with E-state index in [2.05, 4.69) is 12.1 Å². The van der Waals surface area contributed by atoms with Crippen molar-refractivity contribution in [3.8, 4) is 11.5 Å². The van der Waals surface area contributed by atoms with Crippen molar-refractivity contribution in [2.45, 2.75) is 12.8 Å². The Balaban J connectivity index is 2.75. The molecule has 0 aliphatic carbocycles. The second kappa shape index (κ2) is 4.84. The Bertz CT molecular complexity index is 549. The third-order valence-corrected chi connectivity index (χ3v) is 3.26. The van der Waals surface area contributed by atoms with E-state index >= 15 is 0 Å². The predicted molar refractivity (Wildman–Crippen MR) is 71.3 cm³/mol. The molecule has 0 fully saturated rings. The van der Waals surface area contributed by atoms with Crippen molar-refractivity contribution in [1.82, 2.24) is 0 Å². The van der Waals surface area contributed by atoms with E-state index in [1.54, 1.807) is 14.2 Å². The molecule has 0 saturated carbocycles. The summed E-state index contributed by atoms with van der Waals surface area (Å²) in [5, 5.41) is 2.29. The van der Waals surface area contributed by atoms with Crippen molar-refractivity contribution in [3.63, 3.8) is 0 Å². The second-order valence-electron chi connectivity index (χ2n) is 3.93. The summed E-state index contributed by atoms with van der Waals surface area (Å²) >= 11 is 5.84. The molecule has 0 aliphatic heterocycles. The van der Waals surface area contributed by atoms with Crippen LogP contribution in [0.25, 0.3) is 10.8 Å². The summed E-state index contributed by atoms with van der Waals surface area (Å²) in [6.45, 7) is 2.03. The number of benzene rings is 2. The lowest BCUT2D eigenvalue weighted by Crippen LogP contribution is -1.94. The highest BCUT2D eigenvalue weighted by molar-refractivity contribution is 6.17. The average Bonchev–Trinajstić information content (AvgIpc) is 2.37. The molecule has 0 aliphatic rings.